The Morgan fingerprint density at radius 2 is 1.53 bits per heavy atom. The van der Waals surface area contributed by atoms with Gasteiger partial charge in [0.2, 0.25) is 10.0 Å². The lowest BCUT2D eigenvalue weighted by Gasteiger charge is -2.34. The van der Waals surface area contributed by atoms with Crippen molar-refractivity contribution in [1.29, 1.82) is 0 Å². The highest BCUT2D eigenvalue weighted by atomic mass is 79.9. The number of benzene rings is 3. The molecule has 0 radical (unpaired) electrons. The predicted molar refractivity (Wildman–Crippen MR) is 136 cm³/mol. The van der Waals surface area contributed by atoms with Gasteiger partial charge in [0, 0.05) is 48.6 Å². The van der Waals surface area contributed by atoms with Crippen molar-refractivity contribution in [2.75, 3.05) is 26.2 Å². The molecule has 172 valence electrons. The molecule has 1 amide bonds. The van der Waals surface area contributed by atoms with E-state index in [0.717, 1.165) is 26.4 Å². The van der Waals surface area contributed by atoms with Crippen molar-refractivity contribution < 1.29 is 13.2 Å². The summed E-state index contributed by atoms with van der Waals surface area (Å²) in [5.41, 5.74) is 2.56. The number of fused-ring (bicyclic) bond motifs is 1. The second kappa shape index (κ2) is 9.29. The number of halogens is 1. The molecule has 1 aromatic heterocycles. The second-order valence-corrected chi connectivity index (χ2v) is 11.0. The minimum Gasteiger partial charge on any atom is -0.336 e. The van der Waals surface area contributed by atoms with Crippen LogP contribution in [0.4, 0.5) is 0 Å². The maximum Gasteiger partial charge on any atom is 0.253 e. The normalized spacial score (nSPS) is 14.9. The van der Waals surface area contributed by atoms with E-state index in [2.05, 4.69) is 20.9 Å². The van der Waals surface area contributed by atoms with Crippen LogP contribution in [-0.2, 0) is 10.0 Å². The first-order chi connectivity index (χ1) is 16.4. The summed E-state index contributed by atoms with van der Waals surface area (Å²) in [6, 6.07) is 22.2. The zero-order valence-corrected chi connectivity index (χ0v) is 20.7. The topological polar surface area (TPSA) is 70.6 Å². The Labute approximate surface area is 207 Å². The summed E-state index contributed by atoms with van der Waals surface area (Å²) in [7, 11) is -3.64. The number of hydrogen-bond acceptors (Lipinski definition) is 4. The van der Waals surface area contributed by atoms with Crippen LogP contribution in [0.15, 0.2) is 94.6 Å². The number of piperazine rings is 1. The standard InChI is InChI=1S/C26H22BrN3O3S/c27-24-9-7-22-17-25(10-8-21(22)16-24)34(32,33)30-14-12-29(13-15-30)26(31)20-5-3-19(4-6-20)23-2-1-11-28-18-23/h1-11,16-18H,12-15H2. The average Bonchev–Trinajstić information content (AvgIpc) is 2.88. The van der Waals surface area contributed by atoms with Gasteiger partial charge in [-0.1, -0.05) is 46.3 Å². The molecule has 0 bridgehead atoms. The molecule has 1 aliphatic heterocycles. The molecule has 0 unspecified atom stereocenters. The highest BCUT2D eigenvalue weighted by Crippen LogP contribution is 2.26. The number of rotatable bonds is 4. The quantitative estimate of drug-likeness (QED) is 0.376. The smallest absolute Gasteiger partial charge is 0.253 e. The lowest BCUT2D eigenvalue weighted by molar-refractivity contribution is 0.0698. The van der Waals surface area contributed by atoms with E-state index in [1.54, 1.807) is 41.6 Å². The molecular formula is C26H22BrN3O3S. The minimum atomic E-state index is -3.64. The molecule has 3 aromatic carbocycles. The molecule has 0 spiro atoms. The summed E-state index contributed by atoms with van der Waals surface area (Å²) in [6.45, 7) is 1.23. The Bertz CT molecular complexity index is 1450. The lowest BCUT2D eigenvalue weighted by Crippen LogP contribution is -2.50. The third kappa shape index (κ3) is 4.49. The van der Waals surface area contributed by atoms with Crippen molar-refractivity contribution in [3.05, 3.63) is 95.2 Å². The zero-order chi connectivity index (χ0) is 23.7. The molecule has 0 saturated carbocycles. The maximum atomic E-state index is 13.2. The zero-order valence-electron chi connectivity index (χ0n) is 18.3. The molecule has 2 heterocycles. The molecule has 0 atom stereocenters. The van der Waals surface area contributed by atoms with Crippen molar-refractivity contribution in [3.63, 3.8) is 0 Å². The van der Waals surface area contributed by atoms with Gasteiger partial charge in [-0.15, -0.1) is 0 Å². The fraction of sp³-hybridized carbons (Fsp3) is 0.154. The second-order valence-electron chi connectivity index (χ2n) is 8.17. The summed E-state index contributed by atoms with van der Waals surface area (Å²) in [4.78, 5) is 19.1. The fourth-order valence-corrected chi connectivity index (χ4v) is 5.99. The number of pyridine rings is 1. The molecule has 0 N–H and O–H groups in total. The average molecular weight is 536 g/mol. The minimum absolute atomic E-state index is 0.0916. The van der Waals surface area contributed by atoms with Crippen LogP contribution in [0.3, 0.4) is 0 Å². The van der Waals surface area contributed by atoms with E-state index >= 15 is 0 Å². The molecule has 1 fully saturated rings. The first kappa shape index (κ1) is 22.7. The van der Waals surface area contributed by atoms with Gasteiger partial charge < -0.3 is 4.90 Å². The van der Waals surface area contributed by atoms with Crippen molar-refractivity contribution >= 4 is 42.6 Å². The Morgan fingerprint density at radius 1 is 0.824 bits per heavy atom. The van der Waals surface area contributed by atoms with Gasteiger partial charge in [-0.3, -0.25) is 9.78 Å². The number of aromatic nitrogens is 1. The molecule has 6 nitrogen and oxygen atoms in total. The predicted octanol–water partition coefficient (Wildman–Crippen LogP) is 4.81. The maximum absolute atomic E-state index is 13.2. The van der Waals surface area contributed by atoms with Crippen molar-refractivity contribution in [1.82, 2.24) is 14.2 Å². The van der Waals surface area contributed by atoms with Crippen LogP contribution in [0.2, 0.25) is 0 Å². The largest absolute Gasteiger partial charge is 0.336 e. The molecular weight excluding hydrogens is 514 g/mol. The molecule has 8 heteroatoms. The first-order valence-corrected chi connectivity index (χ1v) is 13.1. The van der Waals surface area contributed by atoms with Gasteiger partial charge in [0.25, 0.3) is 5.91 Å². The molecule has 0 aliphatic carbocycles. The van der Waals surface area contributed by atoms with E-state index in [1.165, 1.54) is 4.31 Å². The van der Waals surface area contributed by atoms with E-state index in [4.69, 9.17) is 0 Å². The lowest BCUT2D eigenvalue weighted by atomic mass is 10.1. The highest BCUT2D eigenvalue weighted by molar-refractivity contribution is 9.10. The number of sulfonamides is 1. The Hall–Kier alpha value is -3.07. The number of amides is 1. The Kier molecular flexibility index (Phi) is 6.20. The van der Waals surface area contributed by atoms with Crippen LogP contribution in [0, 0.1) is 0 Å². The van der Waals surface area contributed by atoms with Gasteiger partial charge >= 0.3 is 0 Å². The van der Waals surface area contributed by atoms with Crippen LogP contribution in [0.1, 0.15) is 10.4 Å². The van der Waals surface area contributed by atoms with Crippen molar-refractivity contribution in [2.24, 2.45) is 0 Å². The summed E-state index contributed by atoms with van der Waals surface area (Å²) >= 11 is 3.44. The van der Waals surface area contributed by atoms with Crippen LogP contribution < -0.4 is 0 Å². The molecule has 4 aromatic rings. The van der Waals surface area contributed by atoms with Gasteiger partial charge in [0.15, 0.2) is 0 Å². The van der Waals surface area contributed by atoms with Crippen molar-refractivity contribution in [3.8, 4) is 11.1 Å². The van der Waals surface area contributed by atoms with E-state index in [1.807, 2.05) is 48.5 Å². The fourth-order valence-electron chi connectivity index (χ4n) is 4.16. The summed E-state index contributed by atoms with van der Waals surface area (Å²) in [6.07, 6.45) is 3.51. The highest BCUT2D eigenvalue weighted by Gasteiger charge is 2.30. The summed E-state index contributed by atoms with van der Waals surface area (Å²) < 4.78 is 28.9. The molecule has 1 aliphatic rings. The van der Waals surface area contributed by atoms with Gasteiger partial charge in [0.05, 0.1) is 4.90 Å². The van der Waals surface area contributed by atoms with Gasteiger partial charge in [-0.05, 0) is 64.4 Å². The third-order valence-corrected chi connectivity index (χ3v) is 8.45. The van der Waals surface area contributed by atoms with E-state index in [0.29, 0.717) is 18.7 Å². The molecule has 5 rings (SSSR count). The molecule has 34 heavy (non-hydrogen) atoms. The van der Waals surface area contributed by atoms with Crippen LogP contribution in [-0.4, -0.2) is 54.7 Å². The monoisotopic (exact) mass is 535 g/mol. The van der Waals surface area contributed by atoms with Gasteiger partial charge in [-0.25, -0.2) is 8.42 Å². The van der Waals surface area contributed by atoms with Crippen LogP contribution in [0.5, 0.6) is 0 Å². The number of hydrogen-bond donors (Lipinski definition) is 0. The molecule has 1 saturated heterocycles. The van der Waals surface area contributed by atoms with E-state index < -0.39 is 10.0 Å². The SMILES string of the molecule is O=C(c1ccc(-c2cccnc2)cc1)N1CCN(S(=O)(=O)c2ccc3cc(Br)ccc3c2)CC1. The van der Waals surface area contributed by atoms with Crippen LogP contribution in [0.25, 0.3) is 21.9 Å². The first-order valence-electron chi connectivity index (χ1n) is 10.9. The van der Waals surface area contributed by atoms with Gasteiger partial charge in [0.1, 0.15) is 0 Å². The number of nitrogens with zero attached hydrogens (tertiary/aromatic N) is 3. The van der Waals surface area contributed by atoms with E-state index in [-0.39, 0.29) is 23.9 Å². The number of carbonyl (C=O) groups excluding carboxylic acids is 1. The Morgan fingerprint density at radius 3 is 2.24 bits per heavy atom. The third-order valence-electron chi connectivity index (χ3n) is 6.06. The van der Waals surface area contributed by atoms with Crippen LogP contribution >= 0.6 is 15.9 Å². The Balaban J connectivity index is 1.27. The van der Waals surface area contributed by atoms with Crippen molar-refractivity contribution in [2.45, 2.75) is 4.90 Å². The van der Waals surface area contributed by atoms with Gasteiger partial charge in [-0.2, -0.15) is 4.31 Å². The summed E-state index contributed by atoms with van der Waals surface area (Å²) in [5.74, 6) is -0.0916. The van der Waals surface area contributed by atoms with E-state index in [9.17, 15) is 13.2 Å². The summed E-state index contributed by atoms with van der Waals surface area (Å²) in [5, 5.41) is 1.84. The number of carbonyl (C=O) groups is 1.